The summed E-state index contributed by atoms with van der Waals surface area (Å²) in [4.78, 5) is 6.71. The van der Waals surface area contributed by atoms with E-state index < -0.39 is 10.0 Å². The van der Waals surface area contributed by atoms with Crippen LogP contribution in [0.25, 0.3) is 0 Å². The first-order chi connectivity index (χ1) is 11.6. The topological polar surface area (TPSA) is 71.5 Å². The second-order valence-electron chi connectivity index (χ2n) is 5.77. The summed E-state index contributed by atoms with van der Waals surface area (Å²) in [5.74, 6) is 1.51. The highest BCUT2D eigenvalue weighted by Crippen LogP contribution is 2.20. The Balaban J connectivity index is 1.70. The third kappa shape index (κ3) is 3.85. The minimum absolute atomic E-state index is 0.132. The van der Waals surface area contributed by atoms with Crippen molar-refractivity contribution in [1.82, 2.24) is 9.71 Å². The molecule has 1 fully saturated rings. The third-order valence-corrected chi connectivity index (χ3v) is 5.62. The molecular formula is C17H21N3O3S. The van der Waals surface area contributed by atoms with Gasteiger partial charge >= 0.3 is 0 Å². The fraction of sp³-hybridized carbons (Fsp3) is 0.353. The number of methoxy groups -OCH3 is 1. The lowest BCUT2D eigenvalue weighted by Gasteiger charge is -2.33. The summed E-state index contributed by atoms with van der Waals surface area (Å²) in [6.45, 7) is 1.50. The second-order valence-corrected chi connectivity index (χ2v) is 7.48. The Hall–Kier alpha value is -2.12. The van der Waals surface area contributed by atoms with Gasteiger partial charge in [0, 0.05) is 25.3 Å². The van der Waals surface area contributed by atoms with Crippen LogP contribution in [-0.4, -0.2) is 39.6 Å². The van der Waals surface area contributed by atoms with Crippen molar-refractivity contribution in [2.24, 2.45) is 0 Å². The molecule has 1 aliphatic rings. The van der Waals surface area contributed by atoms with Crippen molar-refractivity contribution in [3.63, 3.8) is 0 Å². The molecule has 0 amide bonds. The van der Waals surface area contributed by atoms with E-state index in [1.54, 1.807) is 37.6 Å². The van der Waals surface area contributed by atoms with E-state index >= 15 is 0 Å². The number of anilines is 1. The number of nitrogens with one attached hydrogen (secondary N) is 1. The minimum Gasteiger partial charge on any atom is -0.497 e. The molecule has 0 spiro atoms. The van der Waals surface area contributed by atoms with Crippen molar-refractivity contribution in [1.29, 1.82) is 0 Å². The van der Waals surface area contributed by atoms with Gasteiger partial charge in [0.2, 0.25) is 10.0 Å². The molecule has 1 atom stereocenters. The predicted molar refractivity (Wildman–Crippen MR) is 92.8 cm³/mol. The van der Waals surface area contributed by atoms with Crippen LogP contribution >= 0.6 is 0 Å². The first-order valence-electron chi connectivity index (χ1n) is 7.91. The van der Waals surface area contributed by atoms with Crippen LogP contribution in [0.15, 0.2) is 53.6 Å². The molecule has 2 aromatic rings. The fourth-order valence-corrected chi connectivity index (χ4v) is 4.13. The second kappa shape index (κ2) is 7.19. The van der Waals surface area contributed by atoms with Gasteiger partial charge in [-0.05, 0) is 49.2 Å². The van der Waals surface area contributed by atoms with Crippen molar-refractivity contribution >= 4 is 15.8 Å². The van der Waals surface area contributed by atoms with E-state index in [0.29, 0.717) is 12.3 Å². The van der Waals surface area contributed by atoms with Gasteiger partial charge < -0.3 is 9.64 Å². The Morgan fingerprint density at radius 1 is 1.21 bits per heavy atom. The summed E-state index contributed by atoms with van der Waals surface area (Å²) in [5, 5.41) is 0. The molecule has 0 aliphatic carbocycles. The van der Waals surface area contributed by atoms with Gasteiger partial charge in [0.25, 0.3) is 0 Å². The van der Waals surface area contributed by atoms with Gasteiger partial charge in [-0.3, -0.25) is 0 Å². The van der Waals surface area contributed by atoms with Gasteiger partial charge in [-0.2, -0.15) is 0 Å². The molecule has 24 heavy (non-hydrogen) atoms. The molecule has 7 heteroatoms. The fourth-order valence-electron chi connectivity index (χ4n) is 2.86. The van der Waals surface area contributed by atoms with Crippen LogP contribution in [0.2, 0.25) is 0 Å². The maximum Gasteiger partial charge on any atom is 0.240 e. The first kappa shape index (κ1) is 16.7. The molecule has 1 saturated heterocycles. The summed E-state index contributed by atoms with van der Waals surface area (Å²) in [7, 11) is -1.99. The Bertz CT molecular complexity index is 763. The summed E-state index contributed by atoms with van der Waals surface area (Å²) in [5.41, 5.74) is 0. The largest absolute Gasteiger partial charge is 0.497 e. The normalized spacial score (nSPS) is 18.4. The first-order valence-corrected chi connectivity index (χ1v) is 9.39. The quantitative estimate of drug-likeness (QED) is 0.896. The van der Waals surface area contributed by atoms with Crippen LogP contribution in [0, 0.1) is 0 Å². The van der Waals surface area contributed by atoms with Gasteiger partial charge in [0.15, 0.2) is 0 Å². The molecule has 2 heterocycles. The number of rotatable bonds is 5. The van der Waals surface area contributed by atoms with Gasteiger partial charge in [0.05, 0.1) is 12.0 Å². The highest BCUT2D eigenvalue weighted by atomic mass is 32.2. The van der Waals surface area contributed by atoms with E-state index in [9.17, 15) is 8.42 Å². The molecule has 0 radical (unpaired) electrons. The molecule has 1 aromatic heterocycles. The van der Waals surface area contributed by atoms with Crippen LogP contribution in [0.1, 0.15) is 12.8 Å². The predicted octanol–water partition coefficient (Wildman–Crippen LogP) is 2.04. The maximum atomic E-state index is 12.6. The Morgan fingerprint density at radius 2 is 2.00 bits per heavy atom. The monoisotopic (exact) mass is 347 g/mol. The lowest BCUT2D eigenvalue weighted by atomic mass is 10.1. The molecule has 1 aromatic carbocycles. The molecule has 0 unspecified atom stereocenters. The smallest absolute Gasteiger partial charge is 0.240 e. The highest BCUT2D eigenvalue weighted by Gasteiger charge is 2.25. The molecular weight excluding hydrogens is 326 g/mol. The number of sulfonamides is 1. The SMILES string of the molecule is COc1ccc(S(=O)(=O)N[C@@H]2CCCN(c3ccccn3)C2)cc1. The summed E-state index contributed by atoms with van der Waals surface area (Å²) in [6, 6.07) is 12.0. The van der Waals surface area contributed by atoms with E-state index in [0.717, 1.165) is 25.2 Å². The molecule has 128 valence electrons. The van der Waals surface area contributed by atoms with Crippen LogP contribution in [0.5, 0.6) is 5.75 Å². The number of aromatic nitrogens is 1. The zero-order chi connectivity index (χ0) is 17.0. The van der Waals surface area contributed by atoms with E-state index in [1.165, 1.54) is 0 Å². The Kier molecular flexibility index (Phi) is 5.01. The number of ether oxygens (including phenoxy) is 1. The van der Waals surface area contributed by atoms with Crippen molar-refractivity contribution < 1.29 is 13.2 Å². The maximum absolute atomic E-state index is 12.6. The number of piperidine rings is 1. The Labute approximate surface area is 142 Å². The lowest BCUT2D eigenvalue weighted by molar-refractivity contribution is 0.414. The van der Waals surface area contributed by atoms with Crippen molar-refractivity contribution in [3.8, 4) is 5.75 Å². The van der Waals surface area contributed by atoms with Crippen molar-refractivity contribution in [2.75, 3.05) is 25.1 Å². The van der Waals surface area contributed by atoms with E-state index in [-0.39, 0.29) is 10.9 Å². The van der Waals surface area contributed by atoms with E-state index in [4.69, 9.17) is 4.74 Å². The molecule has 3 rings (SSSR count). The molecule has 1 aliphatic heterocycles. The number of nitrogens with zero attached hydrogens (tertiary/aromatic N) is 2. The van der Waals surface area contributed by atoms with E-state index in [1.807, 2.05) is 18.2 Å². The third-order valence-electron chi connectivity index (χ3n) is 4.09. The molecule has 0 bridgehead atoms. The number of benzene rings is 1. The summed E-state index contributed by atoms with van der Waals surface area (Å²) < 4.78 is 33.0. The number of hydrogen-bond donors (Lipinski definition) is 1. The number of pyridine rings is 1. The minimum atomic E-state index is -3.54. The molecule has 1 N–H and O–H groups in total. The van der Waals surface area contributed by atoms with Gasteiger partial charge in [-0.15, -0.1) is 0 Å². The van der Waals surface area contributed by atoms with E-state index in [2.05, 4.69) is 14.6 Å². The number of hydrogen-bond acceptors (Lipinski definition) is 5. The summed E-state index contributed by atoms with van der Waals surface area (Å²) in [6.07, 6.45) is 3.49. The van der Waals surface area contributed by atoms with Gasteiger partial charge in [0.1, 0.15) is 11.6 Å². The lowest BCUT2D eigenvalue weighted by Crippen LogP contribution is -2.47. The summed E-state index contributed by atoms with van der Waals surface area (Å²) >= 11 is 0. The zero-order valence-electron chi connectivity index (χ0n) is 13.6. The van der Waals surface area contributed by atoms with Crippen molar-refractivity contribution in [3.05, 3.63) is 48.7 Å². The van der Waals surface area contributed by atoms with Crippen LogP contribution in [0.3, 0.4) is 0 Å². The molecule has 0 saturated carbocycles. The molecule has 6 nitrogen and oxygen atoms in total. The average Bonchev–Trinajstić information content (AvgIpc) is 2.62. The van der Waals surface area contributed by atoms with Crippen LogP contribution in [0.4, 0.5) is 5.82 Å². The average molecular weight is 347 g/mol. The Morgan fingerprint density at radius 3 is 2.67 bits per heavy atom. The zero-order valence-corrected chi connectivity index (χ0v) is 14.4. The highest BCUT2D eigenvalue weighted by molar-refractivity contribution is 7.89. The van der Waals surface area contributed by atoms with Gasteiger partial charge in [-0.25, -0.2) is 18.1 Å². The van der Waals surface area contributed by atoms with Crippen molar-refractivity contribution in [2.45, 2.75) is 23.8 Å². The van der Waals surface area contributed by atoms with Crippen LogP contribution in [-0.2, 0) is 10.0 Å². The standard InChI is InChI=1S/C17H21N3O3S/c1-23-15-7-9-16(10-8-15)24(21,22)19-14-5-4-12-20(13-14)17-6-2-3-11-18-17/h2-3,6-11,14,19H,4-5,12-13H2,1H3/t14-/m1/s1. The van der Waals surface area contributed by atoms with Crippen LogP contribution < -0.4 is 14.4 Å². The van der Waals surface area contributed by atoms with Gasteiger partial charge in [-0.1, -0.05) is 6.07 Å².